The van der Waals surface area contributed by atoms with Gasteiger partial charge in [0.1, 0.15) is 5.75 Å². The molecule has 9 heteroatoms. The smallest absolute Gasteiger partial charge is 0.406 e. The first kappa shape index (κ1) is 15.8. The lowest BCUT2D eigenvalue weighted by molar-refractivity contribution is -0.274. The van der Waals surface area contributed by atoms with Crippen molar-refractivity contribution in [2.45, 2.75) is 26.1 Å². The first-order chi connectivity index (χ1) is 10.3. The normalized spacial score (nSPS) is 11.3. The molecule has 0 aliphatic rings. The Labute approximate surface area is 123 Å². The van der Waals surface area contributed by atoms with E-state index in [0.717, 1.165) is 12.1 Å². The highest BCUT2D eigenvalue weighted by Crippen LogP contribution is 2.25. The highest BCUT2D eigenvalue weighted by Gasteiger charge is 2.31. The third kappa shape index (κ3) is 5.08. The third-order valence-electron chi connectivity index (χ3n) is 2.49. The molecule has 6 nitrogen and oxygen atoms in total. The van der Waals surface area contributed by atoms with Crippen LogP contribution in [0.5, 0.6) is 5.75 Å². The molecule has 0 aliphatic heterocycles. The second kappa shape index (κ2) is 6.46. The van der Waals surface area contributed by atoms with Crippen molar-refractivity contribution in [3.63, 3.8) is 0 Å². The van der Waals surface area contributed by atoms with Gasteiger partial charge in [-0.1, -0.05) is 11.2 Å². The maximum absolute atomic E-state index is 12.1. The van der Waals surface area contributed by atoms with Gasteiger partial charge in [-0.2, -0.15) is 4.98 Å². The summed E-state index contributed by atoms with van der Waals surface area (Å²) in [6.07, 6.45) is -4.48. The summed E-state index contributed by atoms with van der Waals surface area (Å²) in [6, 6.07) is 5.03. The maximum Gasteiger partial charge on any atom is 0.573 e. The van der Waals surface area contributed by atoms with Crippen LogP contribution in [0, 0.1) is 6.92 Å². The standard InChI is InChI=1S/C13H12F3N3O3/c1-8-17-12(22-19-8)6-5-11(20)18-9-3-2-4-10(7-9)21-13(14,15)16/h2-4,7H,5-6H2,1H3,(H,18,20). The lowest BCUT2D eigenvalue weighted by Gasteiger charge is -2.10. The molecular weight excluding hydrogens is 303 g/mol. The summed E-state index contributed by atoms with van der Waals surface area (Å²) in [5.74, 6) is -0.00736. The Morgan fingerprint density at radius 1 is 1.41 bits per heavy atom. The second-order valence-electron chi connectivity index (χ2n) is 4.36. The maximum atomic E-state index is 12.1. The van der Waals surface area contributed by atoms with Crippen molar-refractivity contribution < 1.29 is 27.2 Å². The number of aryl methyl sites for hydroxylation is 2. The summed E-state index contributed by atoms with van der Waals surface area (Å²) < 4.78 is 45.0. The predicted molar refractivity (Wildman–Crippen MR) is 69.1 cm³/mol. The highest BCUT2D eigenvalue weighted by molar-refractivity contribution is 5.90. The van der Waals surface area contributed by atoms with E-state index in [9.17, 15) is 18.0 Å². The Balaban J connectivity index is 1.89. The molecule has 0 unspecified atom stereocenters. The van der Waals surface area contributed by atoms with Gasteiger partial charge in [0.05, 0.1) is 0 Å². The Bertz CT molecular complexity index is 655. The number of nitrogens with one attached hydrogen (secondary N) is 1. The van der Waals surface area contributed by atoms with Gasteiger partial charge in [0.15, 0.2) is 5.82 Å². The van der Waals surface area contributed by atoms with Crippen molar-refractivity contribution in [3.05, 3.63) is 36.0 Å². The van der Waals surface area contributed by atoms with Gasteiger partial charge >= 0.3 is 6.36 Å². The van der Waals surface area contributed by atoms with Gasteiger partial charge in [-0.15, -0.1) is 13.2 Å². The molecule has 2 rings (SSSR count). The number of anilines is 1. The van der Waals surface area contributed by atoms with Crippen molar-refractivity contribution in [1.82, 2.24) is 10.1 Å². The van der Waals surface area contributed by atoms with Crippen LogP contribution in [-0.4, -0.2) is 22.4 Å². The van der Waals surface area contributed by atoms with Crippen molar-refractivity contribution in [2.24, 2.45) is 0 Å². The molecular formula is C13H12F3N3O3. The largest absolute Gasteiger partial charge is 0.573 e. The van der Waals surface area contributed by atoms with E-state index in [-0.39, 0.29) is 24.4 Å². The van der Waals surface area contributed by atoms with Crippen LogP contribution in [0.3, 0.4) is 0 Å². The van der Waals surface area contributed by atoms with Crippen LogP contribution in [0.2, 0.25) is 0 Å². The molecule has 1 heterocycles. The summed E-state index contributed by atoms with van der Waals surface area (Å²) in [4.78, 5) is 15.7. The quantitative estimate of drug-likeness (QED) is 0.918. The van der Waals surface area contributed by atoms with Gasteiger partial charge < -0.3 is 14.6 Å². The number of hydrogen-bond donors (Lipinski definition) is 1. The van der Waals surface area contributed by atoms with Crippen LogP contribution in [0.15, 0.2) is 28.8 Å². The van der Waals surface area contributed by atoms with E-state index in [1.54, 1.807) is 6.92 Å². The zero-order chi connectivity index (χ0) is 16.2. The van der Waals surface area contributed by atoms with E-state index in [4.69, 9.17) is 4.52 Å². The topological polar surface area (TPSA) is 77.2 Å². The molecule has 0 aliphatic carbocycles. The lowest BCUT2D eigenvalue weighted by atomic mass is 10.2. The molecule has 1 amide bonds. The van der Waals surface area contributed by atoms with Crippen LogP contribution >= 0.6 is 0 Å². The minimum atomic E-state index is -4.78. The number of ether oxygens (including phenoxy) is 1. The van der Waals surface area contributed by atoms with E-state index < -0.39 is 12.1 Å². The molecule has 0 saturated heterocycles. The van der Waals surface area contributed by atoms with Crippen molar-refractivity contribution in [1.29, 1.82) is 0 Å². The van der Waals surface area contributed by atoms with Gasteiger partial charge in [-0.3, -0.25) is 4.79 Å². The van der Waals surface area contributed by atoms with Crippen LogP contribution in [0.25, 0.3) is 0 Å². The van der Waals surface area contributed by atoms with Gasteiger partial charge in [-0.05, 0) is 19.1 Å². The molecule has 0 spiro atoms. The van der Waals surface area contributed by atoms with Crippen LogP contribution < -0.4 is 10.1 Å². The fourth-order valence-corrected chi connectivity index (χ4v) is 1.66. The molecule has 0 saturated carbocycles. The summed E-state index contributed by atoms with van der Waals surface area (Å²) in [5, 5.41) is 6.05. The summed E-state index contributed by atoms with van der Waals surface area (Å²) in [7, 11) is 0. The Hall–Kier alpha value is -2.58. The first-order valence-corrected chi connectivity index (χ1v) is 6.27. The van der Waals surface area contributed by atoms with Crippen LogP contribution in [-0.2, 0) is 11.2 Å². The van der Waals surface area contributed by atoms with Crippen molar-refractivity contribution >= 4 is 11.6 Å². The molecule has 1 N–H and O–H groups in total. The lowest BCUT2D eigenvalue weighted by Crippen LogP contribution is -2.17. The van der Waals surface area contributed by atoms with Crippen LogP contribution in [0.1, 0.15) is 18.1 Å². The van der Waals surface area contributed by atoms with E-state index in [1.165, 1.54) is 12.1 Å². The predicted octanol–water partition coefficient (Wildman–Crippen LogP) is 2.85. The number of carbonyl (C=O) groups is 1. The zero-order valence-electron chi connectivity index (χ0n) is 11.5. The first-order valence-electron chi connectivity index (χ1n) is 6.27. The number of amides is 1. The molecule has 1 aromatic carbocycles. The van der Waals surface area contributed by atoms with Gasteiger partial charge in [0, 0.05) is 24.6 Å². The fourth-order valence-electron chi connectivity index (χ4n) is 1.66. The number of hydrogen-bond acceptors (Lipinski definition) is 5. The Morgan fingerprint density at radius 3 is 2.82 bits per heavy atom. The zero-order valence-corrected chi connectivity index (χ0v) is 11.5. The molecule has 0 atom stereocenters. The summed E-state index contributed by atoms with van der Waals surface area (Å²) in [5.41, 5.74) is 0.202. The number of carbonyl (C=O) groups excluding carboxylic acids is 1. The van der Waals surface area contributed by atoms with Gasteiger partial charge in [0.2, 0.25) is 11.8 Å². The van der Waals surface area contributed by atoms with Crippen molar-refractivity contribution in [2.75, 3.05) is 5.32 Å². The Morgan fingerprint density at radius 2 is 2.18 bits per heavy atom. The van der Waals surface area contributed by atoms with E-state index >= 15 is 0 Å². The number of rotatable bonds is 5. The molecule has 22 heavy (non-hydrogen) atoms. The Kier molecular flexibility index (Phi) is 4.64. The molecule has 2 aromatic rings. The molecule has 0 fully saturated rings. The monoisotopic (exact) mass is 315 g/mol. The number of aromatic nitrogens is 2. The average Bonchev–Trinajstić information content (AvgIpc) is 2.81. The van der Waals surface area contributed by atoms with E-state index in [0.29, 0.717) is 11.7 Å². The van der Waals surface area contributed by atoms with Gasteiger partial charge in [0.25, 0.3) is 0 Å². The summed E-state index contributed by atoms with van der Waals surface area (Å²) in [6.45, 7) is 1.65. The van der Waals surface area contributed by atoms with Gasteiger partial charge in [-0.25, -0.2) is 0 Å². The SMILES string of the molecule is Cc1noc(CCC(=O)Nc2cccc(OC(F)(F)F)c2)n1. The summed E-state index contributed by atoms with van der Waals surface area (Å²) >= 11 is 0. The number of benzene rings is 1. The highest BCUT2D eigenvalue weighted by atomic mass is 19.4. The average molecular weight is 315 g/mol. The molecule has 0 bridgehead atoms. The molecule has 118 valence electrons. The number of alkyl halides is 3. The minimum absolute atomic E-state index is 0.0615. The third-order valence-corrected chi connectivity index (χ3v) is 2.49. The molecule has 1 aromatic heterocycles. The number of halogens is 3. The van der Waals surface area contributed by atoms with E-state index in [2.05, 4.69) is 20.2 Å². The number of nitrogens with zero attached hydrogens (tertiary/aromatic N) is 2. The van der Waals surface area contributed by atoms with E-state index in [1.807, 2.05) is 0 Å². The van der Waals surface area contributed by atoms with Crippen molar-refractivity contribution in [3.8, 4) is 5.75 Å². The minimum Gasteiger partial charge on any atom is -0.406 e. The van der Waals surface area contributed by atoms with Crippen LogP contribution in [0.4, 0.5) is 18.9 Å². The second-order valence-corrected chi connectivity index (χ2v) is 4.36. The fraction of sp³-hybridized carbons (Fsp3) is 0.308. The molecule has 0 radical (unpaired) electrons.